The first-order valence-electron chi connectivity index (χ1n) is 9.93. The fraction of sp³-hybridized carbons (Fsp3) is 0.0800. The van der Waals surface area contributed by atoms with E-state index in [0.29, 0.717) is 21.8 Å². The number of Topliss-reactive ketones (excluding diaryl/α,β-unsaturated/α-hetero) is 1. The van der Waals surface area contributed by atoms with Gasteiger partial charge in [0.1, 0.15) is 11.6 Å². The number of ketones is 1. The van der Waals surface area contributed by atoms with Crippen LogP contribution < -0.4 is 4.90 Å². The van der Waals surface area contributed by atoms with Gasteiger partial charge < -0.3 is 5.11 Å². The largest absolute Gasteiger partial charge is 0.507 e. The molecule has 1 aromatic heterocycles. The lowest BCUT2D eigenvalue weighted by molar-refractivity contribution is -0.132. The van der Waals surface area contributed by atoms with E-state index in [1.54, 1.807) is 12.1 Å². The maximum atomic E-state index is 13.6. The Kier molecular flexibility index (Phi) is 4.83. The molecule has 1 aliphatic heterocycles. The zero-order valence-electron chi connectivity index (χ0n) is 16.9. The van der Waals surface area contributed by atoms with E-state index in [1.165, 1.54) is 40.5 Å². The summed E-state index contributed by atoms with van der Waals surface area (Å²) in [6.07, 6.45) is 0. The highest BCUT2D eigenvalue weighted by Crippen LogP contribution is 2.44. The Balaban J connectivity index is 1.73. The molecule has 1 saturated heterocycles. The van der Waals surface area contributed by atoms with E-state index in [4.69, 9.17) is 0 Å². The molecule has 7 heteroatoms. The number of aliphatic hydroxyl groups is 1. The van der Waals surface area contributed by atoms with Gasteiger partial charge in [0.15, 0.2) is 5.13 Å². The maximum absolute atomic E-state index is 13.6. The Morgan fingerprint density at radius 1 is 1.00 bits per heavy atom. The van der Waals surface area contributed by atoms with Gasteiger partial charge in [-0.05, 0) is 36.8 Å². The molecule has 0 spiro atoms. The van der Waals surface area contributed by atoms with E-state index in [1.807, 2.05) is 43.3 Å². The number of halogens is 1. The molecule has 32 heavy (non-hydrogen) atoms. The van der Waals surface area contributed by atoms with Crippen molar-refractivity contribution in [3.8, 4) is 0 Å². The van der Waals surface area contributed by atoms with Crippen LogP contribution in [0.2, 0.25) is 0 Å². The van der Waals surface area contributed by atoms with Crippen molar-refractivity contribution in [2.24, 2.45) is 0 Å². The van der Waals surface area contributed by atoms with Gasteiger partial charge in [0.2, 0.25) is 0 Å². The van der Waals surface area contributed by atoms with Crippen LogP contribution in [0.4, 0.5) is 9.52 Å². The number of hydrogen-bond donors (Lipinski definition) is 1. The fourth-order valence-electron chi connectivity index (χ4n) is 3.82. The highest BCUT2D eigenvalue weighted by molar-refractivity contribution is 7.22. The monoisotopic (exact) mass is 444 g/mol. The van der Waals surface area contributed by atoms with Crippen LogP contribution in [-0.2, 0) is 9.59 Å². The second-order valence-corrected chi connectivity index (χ2v) is 8.56. The maximum Gasteiger partial charge on any atom is 0.301 e. The van der Waals surface area contributed by atoms with E-state index >= 15 is 0 Å². The van der Waals surface area contributed by atoms with Crippen LogP contribution in [0.3, 0.4) is 0 Å². The first-order chi connectivity index (χ1) is 15.4. The van der Waals surface area contributed by atoms with Crippen LogP contribution in [-0.4, -0.2) is 21.8 Å². The fourth-order valence-corrected chi connectivity index (χ4v) is 4.81. The van der Waals surface area contributed by atoms with E-state index in [2.05, 4.69) is 4.98 Å². The minimum absolute atomic E-state index is 0.0512. The molecule has 158 valence electrons. The van der Waals surface area contributed by atoms with E-state index in [-0.39, 0.29) is 11.3 Å². The minimum atomic E-state index is -0.933. The number of benzene rings is 3. The normalized spacial score (nSPS) is 17.9. The Labute approximate surface area is 187 Å². The molecule has 1 aliphatic rings. The predicted molar refractivity (Wildman–Crippen MR) is 122 cm³/mol. The van der Waals surface area contributed by atoms with E-state index < -0.39 is 23.5 Å². The number of hydrogen-bond acceptors (Lipinski definition) is 5. The number of anilines is 1. The van der Waals surface area contributed by atoms with Gasteiger partial charge in [-0.2, -0.15) is 0 Å². The number of aryl methyl sites for hydroxylation is 1. The number of carbonyl (C=O) groups is 2. The smallest absolute Gasteiger partial charge is 0.301 e. The quantitative estimate of drug-likeness (QED) is 0.262. The van der Waals surface area contributed by atoms with Crippen molar-refractivity contribution in [2.75, 3.05) is 4.90 Å². The van der Waals surface area contributed by atoms with Crippen molar-refractivity contribution in [1.29, 1.82) is 0 Å². The topological polar surface area (TPSA) is 70.5 Å². The molecule has 2 heterocycles. The third kappa shape index (κ3) is 3.27. The third-order valence-corrected chi connectivity index (χ3v) is 6.48. The number of amides is 1. The molecule has 1 amide bonds. The number of aromatic nitrogens is 1. The summed E-state index contributed by atoms with van der Waals surface area (Å²) in [6.45, 7) is 1.91. The third-order valence-electron chi connectivity index (χ3n) is 5.44. The van der Waals surface area contributed by atoms with Crippen molar-refractivity contribution >= 4 is 44.1 Å². The van der Waals surface area contributed by atoms with Gasteiger partial charge in [-0.15, -0.1) is 0 Å². The minimum Gasteiger partial charge on any atom is -0.507 e. The Morgan fingerprint density at radius 3 is 2.38 bits per heavy atom. The number of nitrogens with zero attached hydrogens (tertiary/aromatic N) is 2. The number of rotatable bonds is 3. The first-order valence-corrected chi connectivity index (χ1v) is 10.7. The SMILES string of the molecule is Cc1ccc(C(O)=C2C(=O)C(=O)N(c3nc4ccccc4s3)[C@@H]2c2ccc(F)cc2)cc1. The second-order valence-electron chi connectivity index (χ2n) is 7.55. The molecule has 5 nitrogen and oxygen atoms in total. The summed E-state index contributed by atoms with van der Waals surface area (Å²) in [5, 5.41) is 11.4. The van der Waals surface area contributed by atoms with Crippen LogP contribution in [0.25, 0.3) is 16.0 Å². The van der Waals surface area contributed by atoms with Crippen molar-refractivity contribution in [3.63, 3.8) is 0 Å². The summed E-state index contributed by atoms with van der Waals surface area (Å²) >= 11 is 1.28. The molecule has 1 fully saturated rings. The molecule has 0 unspecified atom stereocenters. The second kappa shape index (κ2) is 7.69. The molecule has 0 bridgehead atoms. The number of para-hydroxylation sites is 1. The summed E-state index contributed by atoms with van der Waals surface area (Å²) in [5.74, 6) is -2.31. The zero-order chi connectivity index (χ0) is 22.4. The molecule has 3 aromatic carbocycles. The molecule has 0 aliphatic carbocycles. The van der Waals surface area contributed by atoms with Crippen molar-refractivity contribution in [3.05, 3.63) is 101 Å². The summed E-state index contributed by atoms with van der Waals surface area (Å²) in [5.41, 5.74) is 2.56. The molecular weight excluding hydrogens is 427 g/mol. The summed E-state index contributed by atoms with van der Waals surface area (Å²) in [7, 11) is 0. The van der Waals surface area contributed by atoms with Crippen molar-refractivity contribution in [1.82, 2.24) is 4.98 Å². The van der Waals surface area contributed by atoms with Gasteiger partial charge in [0.25, 0.3) is 5.78 Å². The van der Waals surface area contributed by atoms with Crippen LogP contribution in [0.15, 0.2) is 78.4 Å². The van der Waals surface area contributed by atoms with Gasteiger partial charge in [0.05, 0.1) is 21.8 Å². The Morgan fingerprint density at radius 2 is 1.69 bits per heavy atom. The summed E-state index contributed by atoms with van der Waals surface area (Å²) in [4.78, 5) is 32.1. The van der Waals surface area contributed by atoms with Gasteiger partial charge in [0, 0.05) is 5.56 Å². The summed E-state index contributed by atoms with van der Waals surface area (Å²) < 4.78 is 14.5. The van der Waals surface area contributed by atoms with E-state index in [9.17, 15) is 19.1 Å². The van der Waals surface area contributed by atoms with Crippen LogP contribution in [0, 0.1) is 12.7 Å². The average Bonchev–Trinajstić information content (AvgIpc) is 3.33. The van der Waals surface area contributed by atoms with Gasteiger partial charge in [-0.1, -0.05) is 65.4 Å². The van der Waals surface area contributed by atoms with Gasteiger partial charge >= 0.3 is 5.91 Å². The van der Waals surface area contributed by atoms with Crippen molar-refractivity contribution < 1.29 is 19.1 Å². The first kappa shape index (κ1) is 20.1. The number of thiazole rings is 1. The van der Waals surface area contributed by atoms with Gasteiger partial charge in [-0.25, -0.2) is 9.37 Å². The highest BCUT2D eigenvalue weighted by Gasteiger charge is 2.48. The van der Waals surface area contributed by atoms with Crippen LogP contribution in [0.5, 0.6) is 0 Å². The number of fused-ring (bicyclic) bond motifs is 1. The standard InChI is InChI=1S/C25H17FN2O3S/c1-14-6-8-16(9-7-14)22(29)20-21(15-10-12-17(26)13-11-15)28(24(31)23(20)30)25-27-18-4-2-3-5-19(18)32-25/h2-13,21,29H,1H3/t21-/m1/s1. The Hall–Kier alpha value is -3.84. The molecule has 0 radical (unpaired) electrons. The van der Waals surface area contributed by atoms with Gasteiger partial charge in [-0.3, -0.25) is 14.5 Å². The number of aliphatic hydroxyl groups excluding tert-OH is 1. The molecule has 0 saturated carbocycles. The molecule has 1 N–H and O–H groups in total. The zero-order valence-corrected chi connectivity index (χ0v) is 17.8. The van der Waals surface area contributed by atoms with Crippen LogP contribution >= 0.6 is 11.3 Å². The molecular formula is C25H17FN2O3S. The lowest BCUT2D eigenvalue weighted by atomic mass is 9.95. The predicted octanol–water partition coefficient (Wildman–Crippen LogP) is 5.37. The van der Waals surface area contributed by atoms with Crippen molar-refractivity contribution in [2.45, 2.75) is 13.0 Å². The Bertz CT molecular complexity index is 1360. The highest BCUT2D eigenvalue weighted by atomic mass is 32.1. The summed E-state index contributed by atoms with van der Waals surface area (Å²) in [6, 6.07) is 19.0. The lowest BCUT2D eigenvalue weighted by Gasteiger charge is -2.23. The molecule has 1 atom stereocenters. The molecule has 5 rings (SSSR count). The van der Waals surface area contributed by atoms with E-state index in [0.717, 1.165) is 10.3 Å². The average molecular weight is 444 g/mol. The number of carbonyl (C=O) groups excluding carboxylic acids is 2. The lowest BCUT2D eigenvalue weighted by Crippen LogP contribution is -2.29. The van der Waals surface area contributed by atoms with Crippen LogP contribution in [0.1, 0.15) is 22.7 Å². The molecule has 4 aromatic rings.